The van der Waals surface area contributed by atoms with E-state index in [4.69, 9.17) is 4.74 Å². The fraction of sp³-hybridized carbons (Fsp3) is 0.200. The van der Waals surface area contributed by atoms with E-state index in [2.05, 4.69) is 5.10 Å². The second-order valence-corrected chi connectivity index (χ2v) is 6.21. The van der Waals surface area contributed by atoms with Crippen molar-refractivity contribution in [2.24, 2.45) is 0 Å². The van der Waals surface area contributed by atoms with Crippen molar-refractivity contribution in [3.05, 3.63) is 72.1 Å². The number of carboxylic acid groups (broad SMARTS) is 1. The Hall–Kier alpha value is -3.29. The molecule has 0 spiro atoms. The van der Waals surface area contributed by atoms with E-state index in [0.29, 0.717) is 22.4 Å². The van der Waals surface area contributed by atoms with Crippen molar-refractivity contribution in [2.75, 3.05) is 0 Å². The molecule has 0 bridgehead atoms. The van der Waals surface area contributed by atoms with Gasteiger partial charge in [-0.2, -0.15) is 18.3 Å². The van der Waals surface area contributed by atoms with Gasteiger partial charge in [0, 0.05) is 17.3 Å². The van der Waals surface area contributed by atoms with Crippen LogP contribution in [0.4, 0.5) is 13.2 Å². The molecule has 5 nitrogen and oxygen atoms in total. The topological polar surface area (TPSA) is 64.3 Å². The molecule has 1 heterocycles. The number of hydrogen-bond donors (Lipinski definition) is 1. The molecule has 0 fully saturated rings. The molecular formula is C20H17F3N2O3. The Balaban J connectivity index is 1.82. The van der Waals surface area contributed by atoms with Crippen LogP contribution in [0.5, 0.6) is 5.75 Å². The predicted octanol–water partition coefficient (Wildman–Crippen LogP) is 4.32. The molecule has 146 valence electrons. The van der Waals surface area contributed by atoms with E-state index in [-0.39, 0.29) is 13.0 Å². The molecule has 1 N–H and O–H groups in total. The van der Waals surface area contributed by atoms with Crippen molar-refractivity contribution in [1.29, 1.82) is 0 Å². The van der Waals surface area contributed by atoms with E-state index in [9.17, 15) is 23.1 Å². The van der Waals surface area contributed by atoms with Crippen LogP contribution in [0, 0.1) is 0 Å². The van der Waals surface area contributed by atoms with E-state index in [1.807, 2.05) is 30.3 Å². The summed E-state index contributed by atoms with van der Waals surface area (Å²) in [5.41, 5.74) is 2.40. The highest BCUT2D eigenvalue weighted by atomic mass is 19.4. The Bertz CT molecular complexity index is 953. The van der Waals surface area contributed by atoms with Crippen molar-refractivity contribution >= 4 is 5.97 Å². The minimum absolute atomic E-state index is 0.269. The van der Waals surface area contributed by atoms with Crippen LogP contribution in [-0.2, 0) is 24.4 Å². The molecule has 0 saturated carbocycles. The van der Waals surface area contributed by atoms with Crippen LogP contribution in [0.2, 0.25) is 0 Å². The van der Waals surface area contributed by atoms with Crippen LogP contribution in [0.3, 0.4) is 0 Å². The number of alkyl halides is 3. The zero-order chi connectivity index (χ0) is 20.1. The number of carbonyl (C=O) groups is 1. The zero-order valence-electron chi connectivity index (χ0n) is 14.7. The molecular weight excluding hydrogens is 373 g/mol. The Morgan fingerprint density at radius 2 is 1.86 bits per heavy atom. The molecule has 8 heteroatoms. The van der Waals surface area contributed by atoms with Crippen LogP contribution < -0.4 is 4.74 Å². The number of halogens is 3. The number of hydrogen-bond acceptors (Lipinski definition) is 3. The van der Waals surface area contributed by atoms with Crippen LogP contribution in [0.1, 0.15) is 11.1 Å². The van der Waals surface area contributed by atoms with Gasteiger partial charge in [-0.3, -0.25) is 9.48 Å². The van der Waals surface area contributed by atoms with E-state index < -0.39 is 18.7 Å². The Kier molecular flexibility index (Phi) is 5.67. The van der Waals surface area contributed by atoms with E-state index in [1.165, 1.54) is 12.4 Å². The third-order valence-corrected chi connectivity index (χ3v) is 3.95. The highest BCUT2D eigenvalue weighted by molar-refractivity contribution is 5.73. The van der Waals surface area contributed by atoms with Gasteiger partial charge < -0.3 is 9.84 Å². The minimum atomic E-state index is -4.37. The zero-order valence-corrected chi connectivity index (χ0v) is 14.7. The van der Waals surface area contributed by atoms with Gasteiger partial charge in [0.15, 0.2) is 0 Å². The molecule has 3 rings (SSSR count). The second-order valence-electron chi connectivity index (χ2n) is 6.21. The van der Waals surface area contributed by atoms with Gasteiger partial charge in [0.2, 0.25) is 0 Å². The number of nitrogens with zero attached hydrogens (tertiary/aromatic N) is 2. The number of aromatic nitrogens is 2. The maximum atomic E-state index is 12.5. The first-order valence-electron chi connectivity index (χ1n) is 8.41. The smallest absolute Gasteiger partial charge is 0.408 e. The first-order valence-corrected chi connectivity index (χ1v) is 8.41. The van der Waals surface area contributed by atoms with Gasteiger partial charge in [0.05, 0.1) is 12.6 Å². The molecule has 0 radical (unpaired) electrons. The van der Waals surface area contributed by atoms with Gasteiger partial charge in [-0.15, -0.1) is 0 Å². The van der Waals surface area contributed by atoms with Gasteiger partial charge in [0.25, 0.3) is 0 Å². The average Bonchev–Trinajstić information content (AvgIpc) is 3.07. The van der Waals surface area contributed by atoms with Gasteiger partial charge >= 0.3 is 12.1 Å². The lowest BCUT2D eigenvalue weighted by molar-refractivity contribution is -0.142. The van der Waals surface area contributed by atoms with Crippen LogP contribution >= 0.6 is 0 Å². The third kappa shape index (κ3) is 5.35. The van der Waals surface area contributed by atoms with Crippen molar-refractivity contribution in [2.45, 2.75) is 25.7 Å². The van der Waals surface area contributed by atoms with Crippen molar-refractivity contribution in [3.8, 4) is 16.9 Å². The predicted molar refractivity (Wildman–Crippen MR) is 95.8 cm³/mol. The van der Waals surface area contributed by atoms with E-state index in [0.717, 1.165) is 10.2 Å². The highest BCUT2D eigenvalue weighted by Crippen LogP contribution is 2.28. The van der Waals surface area contributed by atoms with Crippen molar-refractivity contribution < 1.29 is 27.8 Å². The van der Waals surface area contributed by atoms with E-state index >= 15 is 0 Å². The summed E-state index contributed by atoms with van der Waals surface area (Å²) in [6, 6.07) is 14.3. The second kappa shape index (κ2) is 8.16. The van der Waals surface area contributed by atoms with Gasteiger partial charge in [-0.05, 0) is 23.3 Å². The lowest BCUT2D eigenvalue weighted by atomic mass is 10.0. The first-order chi connectivity index (χ1) is 13.3. The van der Waals surface area contributed by atoms with Gasteiger partial charge in [-0.1, -0.05) is 36.4 Å². The summed E-state index contributed by atoms with van der Waals surface area (Å²) in [5, 5.41) is 12.9. The number of rotatable bonds is 7. The van der Waals surface area contributed by atoms with Gasteiger partial charge in [-0.25, -0.2) is 0 Å². The lowest BCUT2D eigenvalue weighted by Gasteiger charge is -2.12. The molecule has 0 aliphatic rings. The monoisotopic (exact) mass is 390 g/mol. The molecule has 0 unspecified atom stereocenters. The molecule has 0 aliphatic heterocycles. The maximum absolute atomic E-state index is 12.5. The fourth-order valence-corrected chi connectivity index (χ4v) is 2.72. The Labute approximate surface area is 159 Å². The van der Waals surface area contributed by atoms with Crippen LogP contribution in [-0.4, -0.2) is 27.0 Å². The molecule has 28 heavy (non-hydrogen) atoms. The Morgan fingerprint density at radius 1 is 1.11 bits per heavy atom. The molecule has 0 aliphatic carbocycles. The summed E-state index contributed by atoms with van der Waals surface area (Å²) < 4.78 is 44.0. The van der Waals surface area contributed by atoms with E-state index in [1.54, 1.807) is 18.2 Å². The molecule has 1 aromatic heterocycles. The maximum Gasteiger partial charge on any atom is 0.408 e. The number of ether oxygens (including phenoxy) is 1. The number of benzene rings is 2. The summed E-state index contributed by atoms with van der Waals surface area (Å²) in [5.74, 6) is -0.618. The number of aliphatic carboxylic acids is 1. The summed E-state index contributed by atoms with van der Waals surface area (Å²) in [6.07, 6.45) is -2.05. The lowest BCUT2D eigenvalue weighted by Crippen LogP contribution is -2.17. The normalized spacial score (nSPS) is 11.4. The van der Waals surface area contributed by atoms with Crippen molar-refractivity contribution in [3.63, 3.8) is 0 Å². The third-order valence-electron chi connectivity index (χ3n) is 3.95. The summed E-state index contributed by atoms with van der Waals surface area (Å²) in [6.45, 7) is -0.913. The summed E-state index contributed by atoms with van der Waals surface area (Å²) in [4.78, 5) is 11.2. The first kappa shape index (κ1) is 19.5. The summed E-state index contributed by atoms with van der Waals surface area (Å²) in [7, 11) is 0. The molecule has 3 aromatic rings. The minimum Gasteiger partial charge on any atom is -0.489 e. The number of carboxylic acids is 1. The SMILES string of the molecule is O=C(O)Cc1cc(-c2cnn(CC(F)(F)F)c2)ccc1OCc1ccccc1. The molecule has 0 amide bonds. The Morgan fingerprint density at radius 3 is 2.54 bits per heavy atom. The fourth-order valence-electron chi connectivity index (χ4n) is 2.72. The van der Waals surface area contributed by atoms with Crippen molar-refractivity contribution in [1.82, 2.24) is 9.78 Å². The molecule has 0 atom stereocenters. The standard InChI is InChI=1S/C20H17F3N2O3/c21-20(22,23)13-25-11-17(10-24-25)15-6-7-18(16(8-15)9-19(26)27)28-12-14-4-2-1-3-5-14/h1-8,10-11H,9,12-13H2,(H,26,27). The van der Waals surface area contributed by atoms with Crippen LogP contribution in [0.15, 0.2) is 60.9 Å². The average molecular weight is 390 g/mol. The quantitative estimate of drug-likeness (QED) is 0.653. The highest BCUT2D eigenvalue weighted by Gasteiger charge is 2.28. The van der Waals surface area contributed by atoms with Gasteiger partial charge in [0.1, 0.15) is 18.9 Å². The summed E-state index contributed by atoms with van der Waals surface area (Å²) >= 11 is 0. The molecule has 2 aromatic carbocycles. The van der Waals surface area contributed by atoms with Crippen LogP contribution in [0.25, 0.3) is 11.1 Å². The largest absolute Gasteiger partial charge is 0.489 e. The molecule has 0 saturated heterocycles.